The number of ether oxygens (including phenoxy) is 1. The van der Waals surface area contributed by atoms with Gasteiger partial charge in [-0.25, -0.2) is 4.79 Å². The molecule has 1 amide bonds. The molecule has 0 aromatic heterocycles. The largest absolute Gasteiger partial charge is 0.459 e. The first-order valence-corrected chi connectivity index (χ1v) is 8.11. The van der Waals surface area contributed by atoms with Crippen LogP contribution in [0.3, 0.4) is 0 Å². The Bertz CT molecular complexity index is 720. The predicted octanol–water partition coefficient (Wildman–Crippen LogP) is 3.96. The topological polar surface area (TPSA) is 55.4 Å². The zero-order valence-corrected chi connectivity index (χ0v) is 14.7. The summed E-state index contributed by atoms with van der Waals surface area (Å²) in [6.45, 7) is 1.70. The molecule has 0 saturated carbocycles. The maximum atomic E-state index is 12.1. The molecule has 0 radical (unpaired) electrons. The van der Waals surface area contributed by atoms with Gasteiger partial charge in [-0.1, -0.05) is 57.9 Å². The van der Waals surface area contributed by atoms with Crippen LogP contribution in [0.25, 0.3) is 0 Å². The number of hydrogen-bond acceptors (Lipinski definition) is 3. The number of esters is 1. The standard InChI is InChI=1S/C17H15BrClNO3/c1-11(20-16(21)13-7-3-5-9-15(13)19)17(22)23-10-12-6-2-4-8-14(12)18/h2-9,11H,10H2,1H3,(H,20,21)/t11-/m0/s1. The third kappa shape index (κ3) is 4.81. The zero-order chi connectivity index (χ0) is 16.8. The van der Waals surface area contributed by atoms with Crippen LogP contribution in [-0.2, 0) is 16.1 Å². The average Bonchev–Trinajstić information content (AvgIpc) is 2.54. The fourth-order valence-electron chi connectivity index (χ4n) is 1.87. The summed E-state index contributed by atoms with van der Waals surface area (Å²) in [4.78, 5) is 24.1. The van der Waals surface area contributed by atoms with Gasteiger partial charge in [0.1, 0.15) is 12.6 Å². The highest BCUT2D eigenvalue weighted by atomic mass is 79.9. The molecule has 120 valence electrons. The molecule has 0 spiro atoms. The monoisotopic (exact) mass is 395 g/mol. The normalized spacial score (nSPS) is 11.6. The number of carbonyl (C=O) groups excluding carboxylic acids is 2. The number of amides is 1. The number of hydrogen-bond donors (Lipinski definition) is 1. The molecule has 2 rings (SSSR count). The molecule has 23 heavy (non-hydrogen) atoms. The van der Waals surface area contributed by atoms with Gasteiger partial charge in [0.25, 0.3) is 5.91 Å². The minimum Gasteiger partial charge on any atom is -0.459 e. The molecule has 0 unspecified atom stereocenters. The van der Waals surface area contributed by atoms with E-state index < -0.39 is 17.9 Å². The van der Waals surface area contributed by atoms with Gasteiger partial charge in [0.05, 0.1) is 10.6 Å². The Kier molecular flexibility index (Phi) is 6.19. The quantitative estimate of drug-likeness (QED) is 0.778. The van der Waals surface area contributed by atoms with Gasteiger partial charge in [0, 0.05) is 10.0 Å². The van der Waals surface area contributed by atoms with E-state index in [0.29, 0.717) is 10.6 Å². The lowest BCUT2D eigenvalue weighted by Gasteiger charge is -2.14. The molecule has 4 nitrogen and oxygen atoms in total. The number of carbonyl (C=O) groups is 2. The van der Waals surface area contributed by atoms with E-state index >= 15 is 0 Å². The van der Waals surface area contributed by atoms with Crippen molar-refractivity contribution in [3.05, 3.63) is 69.2 Å². The van der Waals surface area contributed by atoms with Gasteiger partial charge < -0.3 is 10.1 Å². The number of nitrogens with one attached hydrogen (secondary N) is 1. The fraction of sp³-hybridized carbons (Fsp3) is 0.176. The molecule has 2 aromatic rings. The fourth-order valence-corrected chi connectivity index (χ4v) is 2.49. The van der Waals surface area contributed by atoms with Crippen LogP contribution >= 0.6 is 27.5 Å². The summed E-state index contributed by atoms with van der Waals surface area (Å²) in [6.07, 6.45) is 0. The second kappa shape index (κ2) is 8.13. The minimum absolute atomic E-state index is 0.132. The Hall–Kier alpha value is -1.85. The van der Waals surface area contributed by atoms with Gasteiger partial charge in [0.2, 0.25) is 0 Å². The molecular formula is C17H15BrClNO3. The zero-order valence-electron chi connectivity index (χ0n) is 12.4. The second-order valence-corrected chi connectivity index (χ2v) is 6.14. The van der Waals surface area contributed by atoms with Gasteiger partial charge in [-0.2, -0.15) is 0 Å². The van der Waals surface area contributed by atoms with E-state index in [2.05, 4.69) is 21.2 Å². The van der Waals surface area contributed by atoms with Crippen LogP contribution < -0.4 is 5.32 Å². The summed E-state index contributed by atoms with van der Waals surface area (Å²) in [7, 11) is 0. The van der Waals surface area contributed by atoms with E-state index in [9.17, 15) is 9.59 Å². The third-order valence-corrected chi connectivity index (χ3v) is 4.25. The highest BCUT2D eigenvalue weighted by Gasteiger charge is 2.19. The Morgan fingerprint density at radius 1 is 1.17 bits per heavy atom. The Labute approximate surface area is 147 Å². The average molecular weight is 397 g/mol. The molecule has 0 aliphatic heterocycles. The first kappa shape index (κ1) is 17.5. The van der Waals surface area contributed by atoms with Crippen molar-refractivity contribution in [3.63, 3.8) is 0 Å². The van der Waals surface area contributed by atoms with E-state index in [-0.39, 0.29) is 6.61 Å². The Morgan fingerprint density at radius 3 is 2.52 bits per heavy atom. The maximum Gasteiger partial charge on any atom is 0.328 e. The SMILES string of the molecule is C[C@H](NC(=O)c1ccccc1Cl)C(=O)OCc1ccccc1Br. The molecule has 0 aliphatic carbocycles. The van der Waals surface area contributed by atoms with E-state index in [4.69, 9.17) is 16.3 Å². The molecular weight excluding hydrogens is 382 g/mol. The minimum atomic E-state index is -0.777. The van der Waals surface area contributed by atoms with E-state index in [1.54, 1.807) is 31.2 Å². The molecule has 0 saturated heterocycles. The second-order valence-electron chi connectivity index (χ2n) is 4.87. The summed E-state index contributed by atoms with van der Waals surface area (Å²) in [5, 5.41) is 2.91. The van der Waals surface area contributed by atoms with Crippen molar-refractivity contribution in [1.29, 1.82) is 0 Å². The van der Waals surface area contributed by atoms with Crippen LogP contribution in [0, 0.1) is 0 Å². The molecule has 0 heterocycles. The smallest absolute Gasteiger partial charge is 0.328 e. The van der Waals surface area contributed by atoms with E-state index in [1.807, 2.05) is 24.3 Å². The predicted molar refractivity (Wildman–Crippen MR) is 92.3 cm³/mol. The van der Waals surface area contributed by atoms with E-state index in [1.165, 1.54) is 0 Å². The van der Waals surface area contributed by atoms with Crippen molar-refractivity contribution in [2.24, 2.45) is 0 Å². The van der Waals surface area contributed by atoms with Crippen molar-refractivity contribution in [2.45, 2.75) is 19.6 Å². The van der Waals surface area contributed by atoms with Crippen molar-refractivity contribution in [3.8, 4) is 0 Å². The van der Waals surface area contributed by atoms with Crippen LogP contribution in [0.2, 0.25) is 5.02 Å². The molecule has 6 heteroatoms. The van der Waals surface area contributed by atoms with Gasteiger partial charge in [-0.15, -0.1) is 0 Å². The van der Waals surface area contributed by atoms with Crippen molar-refractivity contribution < 1.29 is 14.3 Å². The molecule has 0 aliphatic rings. The van der Waals surface area contributed by atoms with Crippen LogP contribution in [-0.4, -0.2) is 17.9 Å². The third-order valence-electron chi connectivity index (χ3n) is 3.15. The van der Waals surface area contributed by atoms with Gasteiger partial charge in [-0.05, 0) is 25.1 Å². The lowest BCUT2D eigenvalue weighted by atomic mass is 10.2. The van der Waals surface area contributed by atoms with Gasteiger partial charge in [0.15, 0.2) is 0 Å². The highest BCUT2D eigenvalue weighted by molar-refractivity contribution is 9.10. The number of rotatable bonds is 5. The van der Waals surface area contributed by atoms with Crippen LogP contribution in [0.5, 0.6) is 0 Å². The highest BCUT2D eigenvalue weighted by Crippen LogP contribution is 2.17. The first-order valence-electron chi connectivity index (χ1n) is 6.94. The van der Waals surface area contributed by atoms with Crippen LogP contribution in [0.15, 0.2) is 53.0 Å². The lowest BCUT2D eigenvalue weighted by molar-refractivity contribution is -0.146. The number of benzene rings is 2. The van der Waals surface area contributed by atoms with Crippen molar-refractivity contribution >= 4 is 39.4 Å². The van der Waals surface area contributed by atoms with Crippen molar-refractivity contribution in [2.75, 3.05) is 0 Å². The van der Waals surface area contributed by atoms with Gasteiger partial charge in [-0.3, -0.25) is 4.79 Å². The summed E-state index contributed by atoms with van der Waals surface area (Å²) in [5.74, 6) is -0.929. The van der Waals surface area contributed by atoms with Crippen molar-refractivity contribution in [1.82, 2.24) is 5.32 Å². The first-order chi connectivity index (χ1) is 11.0. The summed E-state index contributed by atoms with van der Waals surface area (Å²) in [6, 6.07) is 13.3. The molecule has 1 atom stereocenters. The van der Waals surface area contributed by atoms with Gasteiger partial charge >= 0.3 is 5.97 Å². The Balaban J connectivity index is 1.91. The summed E-state index contributed by atoms with van der Waals surface area (Å²) < 4.78 is 6.08. The molecule has 1 N–H and O–H groups in total. The summed E-state index contributed by atoms with van der Waals surface area (Å²) >= 11 is 9.35. The van der Waals surface area contributed by atoms with E-state index in [0.717, 1.165) is 10.0 Å². The molecule has 0 bridgehead atoms. The lowest BCUT2D eigenvalue weighted by Crippen LogP contribution is -2.39. The summed E-state index contributed by atoms with van der Waals surface area (Å²) in [5.41, 5.74) is 1.17. The number of halogens is 2. The Morgan fingerprint density at radius 2 is 1.83 bits per heavy atom. The molecule has 0 fully saturated rings. The molecule has 2 aromatic carbocycles. The maximum absolute atomic E-state index is 12.1. The van der Waals surface area contributed by atoms with Crippen LogP contribution in [0.4, 0.5) is 0 Å². The van der Waals surface area contributed by atoms with Crippen LogP contribution in [0.1, 0.15) is 22.8 Å².